The highest BCUT2D eigenvalue weighted by Crippen LogP contribution is 2.38. The van der Waals surface area contributed by atoms with Gasteiger partial charge in [-0.3, -0.25) is 19.8 Å². The van der Waals surface area contributed by atoms with Crippen LogP contribution in [0.5, 0.6) is 23.0 Å². The highest BCUT2D eigenvalue weighted by molar-refractivity contribution is 9.10. The van der Waals surface area contributed by atoms with Crippen LogP contribution in [-0.4, -0.2) is 43.1 Å². The molecule has 0 spiro atoms. The lowest BCUT2D eigenvalue weighted by Crippen LogP contribution is -2.53. The Bertz CT molecular complexity index is 1580. The summed E-state index contributed by atoms with van der Waals surface area (Å²) in [7, 11) is 1.47. The lowest BCUT2D eigenvalue weighted by atomic mass is 10.1. The Hall–Kier alpha value is -3.73. The summed E-state index contributed by atoms with van der Waals surface area (Å²) >= 11 is 15.7. The van der Waals surface area contributed by atoms with Gasteiger partial charge in [-0.15, -0.1) is 0 Å². The zero-order valence-corrected chi connectivity index (χ0v) is 26.8. The predicted octanol–water partition coefficient (Wildman–Crippen LogP) is 7.19. The number of hydrogen-bond acceptors (Lipinski definition) is 7. The number of hydrogen-bond donors (Lipinski definition) is 1. The molecule has 226 valence electrons. The number of nitrogens with zero attached hydrogens (tertiary/aromatic N) is 1. The Balaban J connectivity index is 1.57. The van der Waals surface area contributed by atoms with Gasteiger partial charge in [-0.1, -0.05) is 42.3 Å². The lowest BCUT2D eigenvalue weighted by molar-refractivity contribution is -0.130. The van der Waals surface area contributed by atoms with Crippen molar-refractivity contribution >= 4 is 63.1 Å². The fraction of sp³-hybridized carbons (Fsp3) is 0.258. The fourth-order valence-electron chi connectivity index (χ4n) is 4.19. The van der Waals surface area contributed by atoms with E-state index in [1.54, 1.807) is 48.5 Å². The second kappa shape index (κ2) is 14.6. The van der Waals surface area contributed by atoms with Gasteiger partial charge in [-0.2, -0.15) is 0 Å². The molecule has 9 nitrogen and oxygen atoms in total. The first kappa shape index (κ1) is 32.2. The first-order valence-corrected chi connectivity index (χ1v) is 14.9. The van der Waals surface area contributed by atoms with Crippen LogP contribution in [0.1, 0.15) is 37.0 Å². The minimum atomic E-state index is -0.820. The minimum absolute atomic E-state index is 0.0868. The number of barbiturate groups is 1. The molecule has 12 heteroatoms. The average Bonchev–Trinajstić information content (AvgIpc) is 2.97. The molecule has 1 aliphatic rings. The Labute approximate surface area is 267 Å². The average molecular weight is 692 g/mol. The van der Waals surface area contributed by atoms with Crippen LogP contribution >= 0.6 is 39.1 Å². The molecule has 1 fully saturated rings. The molecule has 0 aromatic heterocycles. The highest BCUT2D eigenvalue weighted by Gasteiger charge is 2.36. The van der Waals surface area contributed by atoms with Crippen LogP contribution in [-0.2, 0) is 22.7 Å². The van der Waals surface area contributed by atoms with Gasteiger partial charge in [0, 0.05) is 15.6 Å². The van der Waals surface area contributed by atoms with Gasteiger partial charge in [0.05, 0.1) is 31.3 Å². The molecule has 3 aromatic rings. The smallest absolute Gasteiger partial charge is 0.331 e. The van der Waals surface area contributed by atoms with Crippen molar-refractivity contribution in [2.75, 3.05) is 20.3 Å². The number of amides is 4. The molecule has 0 atom stereocenters. The molecule has 3 aromatic carbocycles. The lowest BCUT2D eigenvalue weighted by Gasteiger charge is -2.26. The number of carbonyl (C=O) groups is 3. The summed E-state index contributed by atoms with van der Waals surface area (Å²) in [5.74, 6) is 0.256. The van der Waals surface area contributed by atoms with E-state index < -0.39 is 17.8 Å². The third-order valence-electron chi connectivity index (χ3n) is 6.25. The number of urea groups is 1. The summed E-state index contributed by atoms with van der Waals surface area (Å²) in [5.41, 5.74) is 1.58. The van der Waals surface area contributed by atoms with Gasteiger partial charge in [-0.25, -0.2) is 4.79 Å². The molecule has 0 bridgehead atoms. The third-order valence-corrected chi connectivity index (χ3v) is 7.42. The van der Waals surface area contributed by atoms with Crippen LogP contribution in [0.15, 0.2) is 58.6 Å². The van der Waals surface area contributed by atoms with E-state index in [2.05, 4.69) is 21.2 Å². The topological polar surface area (TPSA) is 103 Å². The normalized spacial score (nSPS) is 14.1. The van der Waals surface area contributed by atoms with Crippen LogP contribution in [0, 0.1) is 0 Å². The van der Waals surface area contributed by atoms with Crippen LogP contribution in [0.3, 0.4) is 0 Å². The maximum Gasteiger partial charge on any atom is 0.331 e. The second-order valence-corrected chi connectivity index (χ2v) is 11.0. The van der Waals surface area contributed by atoms with Crippen molar-refractivity contribution in [3.05, 3.63) is 85.3 Å². The van der Waals surface area contributed by atoms with E-state index in [1.807, 2.05) is 13.8 Å². The van der Waals surface area contributed by atoms with Gasteiger partial charge in [0.2, 0.25) is 0 Å². The van der Waals surface area contributed by atoms with E-state index in [9.17, 15) is 14.4 Å². The molecule has 0 unspecified atom stereocenters. The molecular formula is C31H29BrCl2N2O7. The first-order chi connectivity index (χ1) is 20.6. The fourth-order valence-corrected chi connectivity index (χ4v) is 5.23. The van der Waals surface area contributed by atoms with E-state index in [1.165, 1.54) is 13.2 Å². The zero-order chi connectivity index (χ0) is 31.1. The summed E-state index contributed by atoms with van der Waals surface area (Å²) in [6.45, 7) is 4.83. The van der Waals surface area contributed by atoms with Crippen LogP contribution in [0.25, 0.3) is 6.08 Å². The molecule has 43 heavy (non-hydrogen) atoms. The number of benzene rings is 3. The van der Waals surface area contributed by atoms with Crippen molar-refractivity contribution in [1.29, 1.82) is 0 Å². The summed E-state index contributed by atoms with van der Waals surface area (Å²) in [5, 5.41) is 3.21. The highest BCUT2D eigenvalue weighted by atomic mass is 79.9. The minimum Gasteiger partial charge on any atom is -0.493 e. The molecule has 0 aliphatic carbocycles. The van der Waals surface area contributed by atoms with E-state index in [4.69, 9.17) is 42.1 Å². The van der Waals surface area contributed by atoms with E-state index in [0.29, 0.717) is 61.9 Å². The summed E-state index contributed by atoms with van der Waals surface area (Å²) in [6.07, 6.45) is 2.22. The number of rotatable bonds is 12. The number of methoxy groups -OCH3 is 1. The number of carbonyl (C=O) groups excluding carboxylic acids is 3. The third kappa shape index (κ3) is 7.81. The van der Waals surface area contributed by atoms with Crippen LogP contribution < -0.4 is 24.3 Å². The molecule has 4 rings (SSSR count). The Morgan fingerprint density at radius 2 is 1.72 bits per heavy atom. The standard InChI is InChI=1S/C31H29BrCl2N2O7/c1-4-10-42-25-9-6-18(13-26(25)41-5-2)16-36-30(38)22(29(37)35-31(36)39)11-19-12-23(32)28(27(14-19)40-3)43-17-20-7-8-21(33)15-24(20)34/h6-9,11-15H,4-5,10,16-17H2,1-3H3,(H,35,37,39)/b22-11+. The molecule has 1 heterocycles. The monoisotopic (exact) mass is 690 g/mol. The van der Waals surface area contributed by atoms with Gasteiger partial charge in [0.25, 0.3) is 11.8 Å². The van der Waals surface area contributed by atoms with Crippen molar-refractivity contribution < 1.29 is 33.3 Å². The van der Waals surface area contributed by atoms with Crippen molar-refractivity contribution in [3.8, 4) is 23.0 Å². The van der Waals surface area contributed by atoms with Crippen molar-refractivity contribution in [2.24, 2.45) is 0 Å². The number of nitrogens with one attached hydrogen (secondary N) is 1. The second-order valence-electron chi connectivity index (χ2n) is 9.33. The maximum atomic E-state index is 13.4. The van der Waals surface area contributed by atoms with E-state index in [0.717, 1.165) is 16.9 Å². The molecule has 1 N–H and O–H groups in total. The van der Waals surface area contributed by atoms with Gasteiger partial charge >= 0.3 is 6.03 Å². The van der Waals surface area contributed by atoms with Gasteiger partial charge < -0.3 is 18.9 Å². The molecular weight excluding hydrogens is 663 g/mol. The zero-order valence-electron chi connectivity index (χ0n) is 23.7. The quantitative estimate of drug-likeness (QED) is 0.158. The summed E-state index contributed by atoms with van der Waals surface area (Å²) in [6, 6.07) is 12.7. The largest absolute Gasteiger partial charge is 0.493 e. The summed E-state index contributed by atoms with van der Waals surface area (Å²) in [4.78, 5) is 39.8. The van der Waals surface area contributed by atoms with Crippen LogP contribution in [0.4, 0.5) is 4.79 Å². The van der Waals surface area contributed by atoms with Crippen LogP contribution in [0.2, 0.25) is 10.0 Å². The number of imide groups is 2. The molecule has 0 radical (unpaired) electrons. The van der Waals surface area contributed by atoms with Crippen molar-refractivity contribution in [2.45, 2.75) is 33.4 Å². The molecule has 0 saturated carbocycles. The number of halogens is 3. The van der Waals surface area contributed by atoms with Gasteiger partial charge in [0.1, 0.15) is 12.2 Å². The van der Waals surface area contributed by atoms with Crippen molar-refractivity contribution in [3.63, 3.8) is 0 Å². The molecule has 1 saturated heterocycles. The van der Waals surface area contributed by atoms with Gasteiger partial charge in [-0.05, 0) is 82.9 Å². The van der Waals surface area contributed by atoms with Gasteiger partial charge in [0.15, 0.2) is 23.0 Å². The van der Waals surface area contributed by atoms with Crippen molar-refractivity contribution in [1.82, 2.24) is 10.2 Å². The number of ether oxygens (including phenoxy) is 4. The predicted molar refractivity (Wildman–Crippen MR) is 167 cm³/mol. The first-order valence-electron chi connectivity index (χ1n) is 13.4. The van der Waals surface area contributed by atoms with E-state index in [-0.39, 0.29) is 18.7 Å². The van der Waals surface area contributed by atoms with E-state index >= 15 is 0 Å². The Morgan fingerprint density at radius 3 is 2.42 bits per heavy atom. The SMILES string of the molecule is CCCOc1ccc(CN2C(=O)NC(=O)/C(=C\c3cc(Br)c(OCc4ccc(Cl)cc4Cl)c(OC)c3)C2=O)cc1OCC. The Morgan fingerprint density at radius 1 is 0.930 bits per heavy atom. The Kier molecular flexibility index (Phi) is 11.0. The molecule has 4 amide bonds. The summed E-state index contributed by atoms with van der Waals surface area (Å²) < 4.78 is 23.4. The molecule has 1 aliphatic heterocycles. The maximum absolute atomic E-state index is 13.4.